The highest BCUT2D eigenvalue weighted by Gasteiger charge is 2.13. The zero-order valence-electron chi connectivity index (χ0n) is 13.0. The van der Waals surface area contributed by atoms with Gasteiger partial charge in [-0.15, -0.1) is 0 Å². The number of benzene rings is 1. The Labute approximate surface area is 140 Å². The molecule has 0 aliphatic rings. The maximum Gasteiger partial charge on any atom is 0.270 e. The minimum Gasteiger partial charge on any atom is -0.348 e. The number of anilines is 1. The van der Waals surface area contributed by atoms with E-state index in [0.717, 1.165) is 6.42 Å². The van der Waals surface area contributed by atoms with Gasteiger partial charge in [-0.05, 0) is 49.7 Å². The number of halogens is 1. The van der Waals surface area contributed by atoms with Crippen LogP contribution in [0.2, 0.25) is 5.02 Å². The first kappa shape index (κ1) is 17.0. The van der Waals surface area contributed by atoms with Crippen molar-refractivity contribution in [3.8, 4) is 0 Å². The van der Waals surface area contributed by atoms with E-state index in [0.29, 0.717) is 16.3 Å². The minimum atomic E-state index is -0.313. The van der Waals surface area contributed by atoms with Crippen LogP contribution in [-0.4, -0.2) is 22.8 Å². The molecule has 1 aromatic heterocycles. The van der Waals surface area contributed by atoms with Crippen molar-refractivity contribution in [2.75, 3.05) is 5.32 Å². The second-order valence-electron chi connectivity index (χ2n) is 5.17. The van der Waals surface area contributed by atoms with E-state index in [-0.39, 0.29) is 23.6 Å². The number of nitrogens with zero attached hydrogens (tertiary/aromatic N) is 1. The molecular weight excluding hydrogens is 314 g/mol. The highest BCUT2D eigenvalue weighted by atomic mass is 35.5. The zero-order chi connectivity index (χ0) is 16.8. The number of amides is 2. The second kappa shape index (κ2) is 7.74. The molecule has 0 saturated heterocycles. The van der Waals surface area contributed by atoms with Crippen LogP contribution in [0.25, 0.3) is 0 Å². The third-order valence-corrected chi connectivity index (χ3v) is 3.60. The van der Waals surface area contributed by atoms with Crippen LogP contribution in [0.15, 0.2) is 42.6 Å². The Balaban J connectivity index is 2.10. The van der Waals surface area contributed by atoms with E-state index in [2.05, 4.69) is 15.6 Å². The van der Waals surface area contributed by atoms with Crippen molar-refractivity contribution in [2.45, 2.75) is 26.3 Å². The van der Waals surface area contributed by atoms with Crippen molar-refractivity contribution in [3.05, 3.63) is 58.9 Å². The molecule has 1 heterocycles. The maximum atomic E-state index is 12.2. The maximum absolute atomic E-state index is 12.2. The van der Waals surface area contributed by atoms with Gasteiger partial charge in [-0.3, -0.25) is 14.6 Å². The lowest BCUT2D eigenvalue weighted by atomic mass is 10.2. The second-order valence-corrected chi connectivity index (χ2v) is 5.61. The van der Waals surface area contributed by atoms with Crippen molar-refractivity contribution in [1.29, 1.82) is 0 Å². The van der Waals surface area contributed by atoms with Crippen molar-refractivity contribution < 1.29 is 9.59 Å². The van der Waals surface area contributed by atoms with Gasteiger partial charge in [-0.25, -0.2) is 0 Å². The molecule has 0 saturated carbocycles. The van der Waals surface area contributed by atoms with Crippen molar-refractivity contribution in [3.63, 3.8) is 0 Å². The monoisotopic (exact) mass is 331 g/mol. The van der Waals surface area contributed by atoms with E-state index >= 15 is 0 Å². The number of hydrogen-bond acceptors (Lipinski definition) is 3. The fourth-order valence-electron chi connectivity index (χ4n) is 1.83. The average molecular weight is 332 g/mol. The van der Waals surface area contributed by atoms with Crippen molar-refractivity contribution in [2.24, 2.45) is 0 Å². The van der Waals surface area contributed by atoms with E-state index in [1.54, 1.807) is 30.3 Å². The largest absolute Gasteiger partial charge is 0.348 e. The van der Waals surface area contributed by atoms with Crippen LogP contribution in [0, 0.1) is 0 Å². The summed E-state index contributed by atoms with van der Waals surface area (Å²) in [6.45, 7) is 3.89. The fourth-order valence-corrected chi connectivity index (χ4v) is 1.96. The molecule has 5 nitrogen and oxygen atoms in total. The van der Waals surface area contributed by atoms with Crippen LogP contribution >= 0.6 is 11.6 Å². The normalized spacial score (nSPS) is 11.6. The molecule has 1 atom stereocenters. The summed E-state index contributed by atoms with van der Waals surface area (Å²) in [6.07, 6.45) is 2.27. The van der Waals surface area contributed by atoms with Crippen LogP contribution in [0.4, 0.5) is 5.69 Å². The Morgan fingerprint density at radius 1 is 1.17 bits per heavy atom. The summed E-state index contributed by atoms with van der Waals surface area (Å²) in [4.78, 5) is 28.3. The standard InChI is InChI=1S/C17H18ClN3O2/c1-3-11(2)20-17(23)15-10-12(8-9-19-15)16(22)21-14-6-4-13(18)5-7-14/h4-11H,3H2,1-2H3,(H,20,23)(H,21,22). The van der Waals surface area contributed by atoms with Gasteiger partial charge in [0.25, 0.3) is 11.8 Å². The number of aromatic nitrogens is 1. The van der Waals surface area contributed by atoms with Crippen LogP contribution < -0.4 is 10.6 Å². The lowest BCUT2D eigenvalue weighted by molar-refractivity contribution is 0.0934. The number of carbonyl (C=O) groups excluding carboxylic acids is 2. The highest BCUT2D eigenvalue weighted by Crippen LogP contribution is 2.14. The Kier molecular flexibility index (Phi) is 5.71. The first-order chi connectivity index (χ1) is 11.0. The predicted octanol–water partition coefficient (Wildman–Crippen LogP) is 3.52. The molecular formula is C17H18ClN3O2. The Bertz CT molecular complexity index is 701. The zero-order valence-corrected chi connectivity index (χ0v) is 13.7. The third kappa shape index (κ3) is 4.79. The van der Waals surface area contributed by atoms with Crippen LogP contribution in [0.1, 0.15) is 41.1 Å². The summed E-state index contributed by atoms with van der Waals surface area (Å²) >= 11 is 5.81. The predicted molar refractivity (Wildman–Crippen MR) is 90.9 cm³/mol. The molecule has 23 heavy (non-hydrogen) atoms. The Morgan fingerprint density at radius 3 is 2.52 bits per heavy atom. The third-order valence-electron chi connectivity index (χ3n) is 3.35. The topological polar surface area (TPSA) is 71.1 Å². The van der Waals surface area contributed by atoms with Gasteiger partial charge in [0.1, 0.15) is 5.69 Å². The molecule has 2 aromatic rings. The van der Waals surface area contributed by atoms with Gasteiger partial charge in [0.15, 0.2) is 0 Å². The molecule has 1 aromatic carbocycles. The molecule has 0 aliphatic heterocycles. The smallest absolute Gasteiger partial charge is 0.270 e. The number of nitrogens with one attached hydrogen (secondary N) is 2. The van der Waals surface area contributed by atoms with Gasteiger partial charge in [-0.1, -0.05) is 18.5 Å². The van der Waals surface area contributed by atoms with E-state index in [1.165, 1.54) is 12.3 Å². The van der Waals surface area contributed by atoms with Gasteiger partial charge in [0.2, 0.25) is 0 Å². The molecule has 2 rings (SSSR count). The van der Waals surface area contributed by atoms with Crippen LogP contribution in [-0.2, 0) is 0 Å². The van der Waals surface area contributed by atoms with Crippen LogP contribution in [0.3, 0.4) is 0 Å². The first-order valence-electron chi connectivity index (χ1n) is 7.33. The van der Waals surface area contributed by atoms with Gasteiger partial charge >= 0.3 is 0 Å². The molecule has 120 valence electrons. The lowest BCUT2D eigenvalue weighted by Crippen LogP contribution is -2.32. The molecule has 6 heteroatoms. The molecule has 1 unspecified atom stereocenters. The van der Waals surface area contributed by atoms with Gasteiger partial charge in [-0.2, -0.15) is 0 Å². The van der Waals surface area contributed by atoms with Crippen molar-refractivity contribution in [1.82, 2.24) is 10.3 Å². The lowest BCUT2D eigenvalue weighted by Gasteiger charge is -2.11. The van der Waals surface area contributed by atoms with Crippen LogP contribution in [0.5, 0.6) is 0 Å². The van der Waals surface area contributed by atoms with E-state index in [4.69, 9.17) is 11.6 Å². The molecule has 2 amide bonds. The summed E-state index contributed by atoms with van der Waals surface area (Å²) in [5.74, 6) is -0.604. The molecule has 2 N–H and O–H groups in total. The number of hydrogen-bond donors (Lipinski definition) is 2. The molecule has 0 aliphatic carbocycles. The summed E-state index contributed by atoms with van der Waals surface area (Å²) in [5, 5.41) is 6.16. The molecule has 0 bridgehead atoms. The summed E-state index contributed by atoms with van der Waals surface area (Å²) in [5.41, 5.74) is 1.21. The number of rotatable bonds is 5. The first-order valence-corrected chi connectivity index (χ1v) is 7.71. The number of pyridine rings is 1. The Hall–Kier alpha value is -2.40. The van der Waals surface area contributed by atoms with Crippen molar-refractivity contribution >= 4 is 29.1 Å². The van der Waals surface area contributed by atoms with Gasteiger partial charge < -0.3 is 10.6 Å². The van der Waals surface area contributed by atoms with E-state index < -0.39 is 0 Å². The highest BCUT2D eigenvalue weighted by molar-refractivity contribution is 6.30. The van der Waals surface area contributed by atoms with Gasteiger partial charge in [0, 0.05) is 28.5 Å². The van der Waals surface area contributed by atoms with E-state index in [1.807, 2.05) is 13.8 Å². The molecule has 0 fully saturated rings. The fraction of sp³-hybridized carbons (Fsp3) is 0.235. The quantitative estimate of drug-likeness (QED) is 0.880. The summed E-state index contributed by atoms with van der Waals surface area (Å²) in [6, 6.07) is 9.88. The summed E-state index contributed by atoms with van der Waals surface area (Å²) < 4.78 is 0. The average Bonchev–Trinajstić information content (AvgIpc) is 2.56. The summed E-state index contributed by atoms with van der Waals surface area (Å²) in [7, 11) is 0. The van der Waals surface area contributed by atoms with Gasteiger partial charge in [0.05, 0.1) is 0 Å². The SMILES string of the molecule is CCC(C)NC(=O)c1cc(C(=O)Nc2ccc(Cl)cc2)ccn1. The molecule has 0 spiro atoms. The number of carbonyl (C=O) groups is 2. The minimum absolute atomic E-state index is 0.0517. The Morgan fingerprint density at radius 2 is 1.87 bits per heavy atom. The molecule has 0 radical (unpaired) electrons. The van der Waals surface area contributed by atoms with E-state index in [9.17, 15) is 9.59 Å².